The van der Waals surface area contributed by atoms with Crippen LogP contribution >= 0.6 is 0 Å². The Kier molecular flexibility index (Phi) is 7.07. The van der Waals surface area contributed by atoms with Crippen molar-refractivity contribution in [2.75, 3.05) is 21.3 Å². The third-order valence-electron chi connectivity index (χ3n) is 3.66. The van der Waals surface area contributed by atoms with Gasteiger partial charge in [-0.15, -0.1) is 0 Å². The molecule has 6 heteroatoms. The normalized spacial score (nSPS) is 12.2. The first kappa shape index (κ1) is 19.8. The average Bonchev–Trinajstić information content (AvgIpc) is 2.55. The first-order valence-electron chi connectivity index (χ1n) is 7.80. The van der Waals surface area contributed by atoms with Gasteiger partial charge in [0.1, 0.15) is 17.5 Å². The molecule has 1 N–H and O–H groups in total. The van der Waals surface area contributed by atoms with Crippen molar-refractivity contribution in [2.45, 2.75) is 39.7 Å². The van der Waals surface area contributed by atoms with E-state index < -0.39 is 17.4 Å². The molecule has 0 spiro atoms. The van der Waals surface area contributed by atoms with Crippen LogP contribution in [-0.2, 0) is 20.7 Å². The van der Waals surface area contributed by atoms with Gasteiger partial charge in [0.25, 0.3) is 0 Å². The zero-order valence-electron chi connectivity index (χ0n) is 15.3. The predicted octanol–water partition coefficient (Wildman–Crippen LogP) is 2.34. The second-order valence-corrected chi connectivity index (χ2v) is 6.61. The molecule has 0 saturated heterocycles. The standard InChI is InChI=1S/C18H27NO5/c1-18(2,3)16(17(21)24-6)19-15(20)8-7-12-9-13(22-4)11-14(10-12)23-5/h9-11,16H,7-8H2,1-6H3,(H,19,20)/t16-/m1/s1. The first-order chi connectivity index (χ1) is 11.2. The zero-order chi connectivity index (χ0) is 18.3. The van der Waals surface area contributed by atoms with Crippen molar-refractivity contribution in [3.05, 3.63) is 23.8 Å². The molecule has 1 atom stereocenters. The Morgan fingerprint density at radius 2 is 1.58 bits per heavy atom. The van der Waals surface area contributed by atoms with E-state index in [9.17, 15) is 9.59 Å². The van der Waals surface area contributed by atoms with Gasteiger partial charge in [-0.2, -0.15) is 0 Å². The SMILES string of the molecule is COC(=O)[C@@H](NC(=O)CCc1cc(OC)cc(OC)c1)C(C)(C)C. The minimum atomic E-state index is -0.685. The summed E-state index contributed by atoms with van der Waals surface area (Å²) in [7, 11) is 4.47. The first-order valence-corrected chi connectivity index (χ1v) is 7.80. The molecule has 0 heterocycles. The summed E-state index contributed by atoms with van der Waals surface area (Å²) in [6.45, 7) is 5.63. The molecule has 1 aromatic carbocycles. The van der Waals surface area contributed by atoms with E-state index >= 15 is 0 Å². The molecular weight excluding hydrogens is 310 g/mol. The molecule has 0 unspecified atom stereocenters. The van der Waals surface area contributed by atoms with Crippen molar-refractivity contribution in [1.29, 1.82) is 0 Å². The lowest BCUT2D eigenvalue weighted by Gasteiger charge is -2.29. The Morgan fingerprint density at radius 3 is 2.00 bits per heavy atom. The predicted molar refractivity (Wildman–Crippen MR) is 91.3 cm³/mol. The highest BCUT2D eigenvalue weighted by Gasteiger charge is 2.33. The van der Waals surface area contributed by atoms with Crippen molar-refractivity contribution in [3.63, 3.8) is 0 Å². The maximum absolute atomic E-state index is 12.2. The lowest BCUT2D eigenvalue weighted by Crippen LogP contribution is -2.49. The molecule has 0 saturated carbocycles. The molecule has 0 aliphatic carbocycles. The number of amides is 1. The summed E-state index contributed by atoms with van der Waals surface area (Å²) in [6.07, 6.45) is 0.761. The molecule has 1 aromatic rings. The van der Waals surface area contributed by atoms with Gasteiger partial charge >= 0.3 is 5.97 Å². The number of esters is 1. The van der Waals surface area contributed by atoms with Gasteiger partial charge in [-0.05, 0) is 29.5 Å². The van der Waals surface area contributed by atoms with Crippen LogP contribution in [0.5, 0.6) is 11.5 Å². The van der Waals surface area contributed by atoms with Crippen LogP contribution in [-0.4, -0.2) is 39.2 Å². The molecule has 0 aromatic heterocycles. The number of benzene rings is 1. The van der Waals surface area contributed by atoms with Gasteiger partial charge in [0, 0.05) is 12.5 Å². The van der Waals surface area contributed by atoms with Crippen molar-refractivity contribution in [2.24, 2.45) is 5.41 Å². The average molecular weight is 337 g/mol. The van der Waals surface area contributed by atoms with Crippen LogP contribution in [0.4, 0.5) is 0 Å². The number of methoxy groups -OCH3 is 3. The molecule has 1 rings (SSSR count). The molecule has 134 valence electrons. The molecule has 24 heavy (non-hydrogen) atoms. The highest BCUT2D eigenvalue weighted by Crippen LogP contribution is 2.24. The third kappa shape index (κ3) is 5.76. The van der Waals surface area contributed by atoms with E-state index in [0.29, 0.717) is 17.9 Å². The number of nitrogens with one attached hydrogen (secondary N) is 1. The Balaban J connectivity index is 2.73. The fourth-order valence-electron chi connectivity index (χ4n) is 2.25. The maximum Gasteiger partial charge on any atom is 0.328 e. The fourth-order valence-corrected chi connectivity index (χ4v) is 2.25. The van der Waals surface area contributed by atoms with E-state index in [-0.39, 0.29) is 12.3 Å². The summed E-state index contributed by atoms with van der Waals surface area (Å²) < 4.78 is 15.2. The Bertz CT molecular complexity index is 555. The molecule has 0 aliphatic rings. The minimum absolute atomic E-state index is 0.206. The van der Waals surface area contributed by atoms with E-state index in [2.05, 4.69) is 5.32 Å². The second kappa shape index (κ2) is 8.57. The van der Waals surface area contributed by atoms with Crippen molar-refractivity contribution in [3.8, 4) is 11.5 Å². The van der Waals surface area contributed by atoms with E-state index in [0.717, 1.165) is 5.56 Å². The Morgan fingerprint density at radius 1 is 1.04 bits per heavy atom. The van der Waals surface area contributed by atoms with E-state index in [1.54, 1.807) is 20.3 Å². The van der Waals surface area contributed by atoms with Gasteiger partial charge in [0.05, 0.1) is 21.3 Å². The quantitative estimate of drug-likeness (QED) is 0.773. The summed E-state index contributed by atoms with van der Waals surface area (Å²) in [5.41, 5.74) is 0.494. The molecule has 0 fully saturated rings. The van der Waals surface area contributed by atoms with Crippen LogP contribution in [0.25, 0.3) is 0 Å². The fraction of sp³-hybridized carbons (Fsp3) is 0.556. The van der Waals surface area contributed by atoms with Gasteiger partial charge in [-0.1, -0.05) is 20.8 Å². The molecule has 6 nitrogen and oxygen atoms in total. The number of rotatable bonds is 7. The van der Waals surface area contributed by atoms with Crippen LogP contribution in [0.1, 0.15) is 32.8 Å². The molecule has 0 aliphatic heterocycles. The number of hydrogen-bond donors (Lipinski definition) is 1. The smallest absolute Gasteiger partial charge is 0.328 e. The number of ether oxygens (including phenoxy) is 3. The summed E-state index contributed by atoms with van der Waals surface area (Å²) in [6, 6.07) is 4.81. The second-order valence-electron chi connectivity index (χ2n) is 6.61. The van der Waals surface area contributed by atoms with E-state index in [4.69, 9.17) is 14.2 Å². The summed E-state index contributed by atoms with van der Waals surface area (Å²) in [5, 5.41) is 2.76. The largest absolute Gasteiger partial charge is 0.497 e. The summed E-state index contributed by atoms with van der Waals surface area (Å²) in [4.78, 5) is 24.1. The van der Waals surface area contributed by atoms with Crippen LogP contribution in [0.3, 0.4) is 0 Å². The highest BCUT2D eigenvalue weighted by atomic mass is 16.5. The van der Waals surface area contributed by atoms with Crippen molar-refractivity contribution < 1.29 is 23.8 Å². The van der Waals surface area contributed by atoms with E-state index in [1.165, 1.54) is 7.11 Å². The van der Waals surface area contributed by atoms with Gasteiger partial charge in [0.15, 0.2) is 0 Å². The number of hydrogen-bond acceptors (Lipinski definition) is 5. The molecular formula is C18H27NO5. The van der Waals surface area contributed by atoms with Gasteiger partial charge in [0.2, 0.25) is 5.91 Å². The number of carbonyl (C=O) groups excluding carboxylic acids is 2. The molecule has 1 amide bonds. The summed E-state index contributed by atoms with van der Waals surface area (Å²) in [5.74, 6) is 0.694. The summed E-state index contributed by atoms with van der Waals surface area (Å²) >= 11 is 0. The van der Waals surface area contributed by atoms with Gasteiger partial charge < -0.3 is 19.5 Å². The third-order valence-corrected chi connectivity index (χ3v) is 3.66. The monoisotopic (exact) mass is 337 g/mol. The maximum atomic E-state index is 12.2. The topological polar surface area (TPSA) is 73.9 Å². The van der Waals surface area contributed by atoms with Crippen LogP contribution in [0, 0.1) is 5.41 Å². The minimum Gasteiger partial charge on any atom is -0.497 e. The molecule has 0 radical (unpaired) electrons. The van der Waals surface area contributed by atoms with Crippen LogP contribution in [0.15, 0.2) is 18.2 Å². The van der Waals surface area contributed by atoms with Crippen LogP contribution < -0.4 is 14.8 Å². The lowest BCUT2D eigenvalue weighted by atomic mass is 9.86. The van der Waals surface area contributed by atoms with E-state index in [1.807, 2.05) is 32.9 Å². The van der Waals surface area contributed by atoms with Gasteiger partial charge in [-0.25, -0.2) is 4.79 Å². The number of aryl methyl sites for hydroxylation is 1. The van der Waals surface area contributed by atoms with Crippen LogP contribution in [0.2, 0.25) is 0 Å². The highest BCUT2D eigenvalue weighted by molar-refractivity contribution is 5.85. The Hall–Kier alpha value is -2.24. The van der Waals surface area contributed by atoms with Gasteiger partial charge in [-0.3, -0.25) is 4.79 Å². The Labute approximate surface area is 143 Å². The van der Waals surface area contributed by atoms with Crippen molar-refractivity contribution in [1.82, 2.24) is 5.32 Å². The lowest BCUT2D eigenvalue weighted by molar-refractivity contribution is -0.148. The number of carbonyl (C=O) groups is 2. The zero-order valence-corrected chi connectivity index (χ0v) is 15.3. The molecule has 0 bridgehead atoms. The van der Waals surface area contributed by atoms with Crippen molar-refractivity contribution >= 4 is 11.9 Å².